The third kappa shape index (κ3) is 10.0. The van der Waals surface area contributed by atoms with Crippen molar-refractivity contribution in [2.45, 2.75) is 44.2 Å². The van der Waals surface area contributed by atoms with Gasteiger partial charge in [0, 0.05) is 18.6 Å². The molecule has 0 amide bonds. The lowest BCUT2D eigenvalue weighted by Gasteiger charge is -2.27. The van der Waals surface area contributed by atoms with E-state index >= 15 is 0 Å². The summed E-state index contributed by atoms with van der Waals surface area (Å²) in [6.45, 7) is 0.855. The van der Waals surface area contributed by atoms with E-state index < -0.39 is 27.8 Å². The summed E-state index contributed by atoms with van der Waals surface area (Å²) in [6.07, 6.45) is 3.27. The zero-order chi connectivity index (χ0) is 16.8. The summed E-state index contributed by atoms with van der Waals surface area (Å²) in [7, 11) is -8.68. The number of hydrogen-bond donors (Lipinski definition) is 6. The lowest BCUT2D eigenvalue weighted by molar-refractivity contribution is 0.270. The van der Waals surface area contributed by atoms with Crippen molar-refractivity contribution in [1.82, 2.24) is 10.2 Å². The van der Waals surface area contributed by atoms with E-state index in [9.17, 15) is 9.13 Å². The second-order valence-electron chi connectivity index (χ2n) is 5.93. The predicted octanol–water partition coefficient (Wildman–Crippen LogP) is -0.192. The van der Waals surface area contributed by atoms with Gasteiger partial charge >= 0.3 is 15.2 Å². The highest BCUT2D eigenvalue weighted by Gasteiger charge is 2.25. The molecule has 7 N–H and O–H groups in total. The Morgan fingerprint density at radius 2 is 1.50 bits per heavy atom. The van der Waals surface area contributed by atoms with Crippen molar-refractivity contribution >= 4 is 15.2 Å². The fourth-order valence-corrected chi connectivity index (χ4v) is 4.32. The monoisotopic (exact) mass is 359 g/mol. The van der Waals surface area contributed by atoms with Crippen LogP contribution in [0.1, 0.15) is 32.1 Å². The van der Waals surface area contributed by atoms with Gasteiger partial charge < -0.3 is 30.6 Å². The van der Waals surface area contributed by atoms with Crippen molar-refractivity contribution in [3.8, 4) is 0 Å². The molecule has 11 heteroatoms. The smallest absolute Gasteiger partial charge is 0.328 e. The second kappa shape index (κ2) is 8.87. The zero-order valence-electron chi connectivity index (χ0n) is 12.5. The van der Waals surface area contributed by atoms with Gasteiger partial charge in [-0.05, 0) is 38.6 Å². The van der Waals surface area contributed by atoms with Crippen LogP contribution in [0, 0.1) is 0 Å². The highest BCUT2D eigenvalue weighted by Crippen LogP contribution is 2.40. The Balaban J connectivity index is 2.30. The zero-order valence-corrected chi connectivity index (χ0v) is 14.3. The van der Waals surface area contributed by atoms with Crippen LogP contribution in [-0.2, 0) is 9.13 Å². The van der Waals surface area contributed by atoms with E-state index in [4.69, 9.17) is 25.3 Å². The van der Waals surface area contributed by atoms with Crippen LogP contribution in [0.15, 0.2) is 0 Å². The van der Waals surface area contributed by atoms with Crippen LogP contribution < -0.4 is 11.1 Å². The van der Waals surface area contributed by atoms with E-state index in [2.05, 4.69) is 5.32 Å². The normalized spacial score (nSPS) is 23.9. The van der Waals surface area contributed by atoms with Gasteiger partial charge in [0.1, 0.15) is 12.6 Å². The molecule has 1 rings (SSSR count). The first-order valence-electron chi connectivity index (χ1n) is 7.35. The molecule has 1 fully saturated rings. The Morgan fingerprint density at radius 1 is 1.00 bits per heavy atom. The van der Waals surface area contributed by atoms with Gasteiger partial charge in [0.15, 0.2) is 0 Å². The van der Waals surface area contributed by atoms with Gasteiger partial charge in [-0.2, -0.15) is 0 Å². The van der Waals surface area contributed by atoms with Crippen LogP contribution >= 0.6 is 15.2 Å². The number of nitrogens with zero attached hydrogens (tertiary/aromatic N) is 1. The van der Waals surface area contributed by atoms with Gasteiger partial charge in [-0.25, -0.2) is 0 Å². The molecule has 132 valence electrons. The number of nitrogens with two attached hydrogens (primary N) is 1. The van der Waals surface area contributed by atoms with Gasteiger partial charge in [-0.1, -0.05) is 0 Å². The minimum atomic E-state index is -4.34. The Labute approximate surface area is 130 Å². The molecule has 22 heavy (non-hydrogen) atoms. The highest BCUT2D eigenvalue weighted by atomic mass is 31.2. The van der Waals surface area contributed by atoms with E-state index in [1.807, 2.05) is 0 Å². The number of rotatable bonds is 9. The van der Waals surface area contributed by atoms with E-state index in [1.165, 1.54) is 0 Å². The minimum Gasteiger partial charge on any atom is -0.328 e. The van der Waals surface area contributed by atoms with E-state index in [-0.39, 0.29) is 12.6 Å². The topological polar surface area (TPSA) is 156 Å². The summed E-state index contributed by atoms with van der Waals surface area (Å²) in [5.74, 6) is 0. The maximum atomic E-state index is 11.0. The molecule has 0 spiro atoms. The SMILES string of the molecule is NC1CCC(NCCCN(CP(=O)(O)O)CP(=O)(O)O)CC1. The van der Waals surface area contributed by atoms with Crippen LogP contribution in [0.4, 0.5) is 0 Å². The van der Waals surface area contributed by atoms with Gasteiger partial charge in [-0.15, -0.1) is 0 Å². The van der Waals surface area contributed by atoms with Crippen molar-refractivity contribution in [2.75, 3.05) is 25.7 Å². The standard InChI is InChI=1S/C11H27N3O6P2/c12-10-2-4-11(5-3-10)13-6-1-7-14(8-21(15,16)17)9-22(18,19)20/h10-11,13H,1-9,12H2,(H2,15,16,17)(H2,18,19,20). The molecule has 0 aromatic carbocycles. The summed E-state index contributed by atoms with van der Waals surface area (Å²) in [4.78, 5) is 37.0. The molecule has 1 saturated carbocycles. The van der Waals surface area contributed by atoms with Crippen LogP contribution in [0.5, 0.6) is 0 Å². The first-order chi connectivity index (χ1) is 10.1. The van der Waals surface area contributed by atoms with Crippen molar-refractivity contribution in [3.05, 3.63) is 0 Å². The number of nitrogens with one attached hydrogen (secondary N) is 1. The lowest BCUT2D eigenvalue weighted by Crippen LogP contribution is -2.38. The van der Waals surface area contributed by atoms with Crippen molar-refractivity contribution in [1.29, 1.82) is 0 Å². The number of hydrogen-bond acceptors (Lipinski definition) is 5. The van der Waals surface area contributed by atoms with E-state index in [0.717, 1.165) is 30.6 Å². The Morgan fingerprint density at radius 3 is 1.95 bits per heavy atom. The minimum absolute atomic E-state index is 0.218. The first-order valence-corrected chi connectivity index (χ1v) is 11.0. The summed E-state index contributed by atoms with van der Waals surface area (Å²) < 4.78 is 22.0. The summed E-state index contributed by atoms with van der Waals surface area (Å²) in [5, 5.41) is 3.35. The molecule has 0 saturated heterocycles. The fourth-order valence-electron chi connectivity index (χ4n) is 2.64. The average Bonchev–Trinajstić information content (AvgIpc) is 2.32. The highest BCUT2D eigenvalue weighted by molar-refractivity contribution is 7.52. The molecule has 0 aliphatic heterocycles. The first kappa shape index (κ1) is 20.2. The van der Waals surface area contributed by atoms with Gasteiger partial charge in [0.05, 0.1) is 0 Å². The quantitative estimate of drug-likeness (QED) is 0.242. The third-order valence-corrected chi connectivity index (χ3v) is 5.16. The fraction of sp³-hybridized carbons (Fsp3) is 1.00. The van der Waals surface area contributed by atoms with Gasteiger partial charge in [0.25, 0.3) is 0 Å². The molecule has 1 aliphatic carbocycles. The van der Waals surface area contributed by atoms with Crippen LogP contribution in [0.2, 0.25) is 0 Å². The maximum Gasteiger partial charge on any atom is 0.339 e. The van der Waals surface area contributed by atoms with Crippen molar-refractivity contribution < 1.29 is 28.7 Å². The molecule has 0 atom stereocenters. The van der Waals surface area contributed by atoms with Crippen LogP contribution in [0.3, 0.4) is 0 Å². The van der Waals surface area contributed by atoms with Gasteiger partial charge in [0.2, 0.25) is 0 Å². The molecule has 0 radical (unpaired) electrons. The molecule has 0 aromatic rings. The predicted molar refractivity (Wildman–Crippen MR) is 83.4 cm³/mol. The Hall–Kier alpha value is 0.180. The van der Waals surface area contributed by atoms with Crippen LogP contribution in [0.25, 0.3) is 0 Å². The van der Waals surface area contributed by atoms with Gasteiger partial charge in [-0.3, -0.25) is 14.0 Å². The average molecular weight is 359 g/mol. The summed E-state index contributed by atoms with van der Waals surface area (Å²) >= 11 is 0. The molecule has 0 heterocycles. The Bertz CT molecular complexity index is 394. The molecule has 0 unspecified atom stereocenters. The van der Waals surface area contributed by atoms with E-state index in [0.29, 0.717) is 19.0 Å². The van der Waals surface area contributed by atoms with Crippen molar-refractivity contribution in [3.63, 3.8) is 0 Å². The molecular formula is C11H27N3O6P2. The Kier molecular flexibility index (Phi) is 8.16. The lowest BCUT2D eigenvalue weighted by atomic mass is 9.92. The van der Waals surface area contributed by atoms with Crippen molar-refractivity contribution in [2.24, 2.45) is 5.73 Å². The summed E-state index contributed by atoms with van der Waals surface area (Å²) in [6, 6.07) is 0.678. The maximum absolute atomic E-state index is 11.0. The molecule has 9 nitrogen and oxygen atoms in total. The molecule has 1 aliphatic rings. The summed E-state index contributed by atoms with van der Waals surface area (Å²) in [5.41, 5.74) is 5.83. The molecular weight excluding hydrogens is 332 g/mol. The third-order valence-electron chi connectivity index (χ3n) is 3.62. The molecule has 0 bridgehead atoms. The molecule has 0 aromatic heterocycles. The van der Waals surface area contributed by atoms with E-state index in [1.54, 1.807) is 0 Å². The second-order valence-corrected chi connectivity index (χ2v) is 9.15. The van der Waals surface area contributed by atoms with Crippen LogP contribution in [-0.4, -0.2) is 62.2 Å². The largest absolute Gasteiger partial charge is 0.339 e.